The van der Waals surface area contributed by atoms with E-state index in [4.69, 9.17) is 4.74 Å². The molecule has 0 radical (unpaired) electrons. The number of hydrogen-bond donors (Lipinski definition) is 1. The topological polar surface area (TPSA) is 104 Å². The number of fused-ring (bicyclic) bond motifs is 2. The fraction of sp³-hybridized carbons (Fsp3) is 0.400. The van der Waals surface area contributed by atoms with Crippen LogP contribution in [0.3, 0.4) is 0 Å². The number of nitrogens with zero attached hydrogens (tertiary/aromatic N) is 4. The third kappa shape index (κ3) is 3.22. The second-order valence-corrected chi connectivity index (χ2v) is 7.15. The van der Waals surface area contributed by atoms with Crippen molar-refractivity contribution in [2.45, 2.75) is 32.7 Å². The number of carbonyl (C=O) groups is 1. The molecule has 29 heavy (non-hydrogen) atoms. The summed E-state index contributed by atoms with van der Waals surface area (Å²) in [4.78, 5) is 45.5. The van der Waals surface area contributed by atoms with E-state index in [1.54, 1.807) is 25.6 Å². The number of aromatic amines is 1. The SMILES string of the molecule is CCOC(=O)Cc1nc2c(c(=O)n(Cc3cc4c([nH]3)C=CCC4)c(=O)n2C)n1C. The molecule has 3 aromatic rings. The number of carbonyl (C=O) groups excluding carboxylic acids is 1. The van der Waals surface area contributed by atoms with Crippen LogP contribution in [-0.2, 0) is 43.0 Å². The Hall–Kier alpha value is -3.36. The average molecular weight is 397 g/mol. The molecule has 0 aromatic carbocycles. The van der Waals surface area contributed by atoms with Gasteiger partial charge in [-0.1, -0.05) is 6.08 Å². The fourth-order valence-electron chi connectivity index (χ4n) is 3.76. The van der Waals surface area contributed by atoms with Crippen LogP contribution in [0, 0.1) is 0 Å². The molecule has 0 amide bonds. The minimum Gasteiger partial charge on any atom is -0.466 e. The highest BCUT2D eigenvalue weighted by atomic mass is 16.5. The molecule has 152 valence electrons. The quantitative estimate of drug-likeness (QED) is 0.644. The van der Waals surface area contributed by atoms with Gasteiger partial charge < -0.3 is 14.3 Å². The van der Waals surface area contributed by atoms with Crippen molar-refractivity contribution < 1.29 is 9.53 Å². The van der Waals surface area contributed by atoms with Crippen LogP contribution in [0.25, 0.3) is 17.2 Å². The Morgan fingerprint density at radius 2 is 2.07 bits per heavy atom. The largest absolute Gasteiger partial charge is 0.466 e. The van der Waals surface area contributed by atoms with Crippen LogP contribution in [0.15, 0.2) is 21.7 Å². The molecule has 1 aliphatic rings. The van der Waals surface area contributed by atoms with Crippen LogP contribution in [0.1, 0.15) is 36.1 Å². The molecule has 0 atom stereocenters. The Labute approximate surface area is 166 Å². The van der Waals surface area contributed by atoms with Gasteiger partial charge in [0.15, 0.2) is 11.2 Å². The highest BCUT2D eigenvalue weighted by Gasteiger charge is 2.21. The van der Waals surface area contributed by atoms with Gasteiger partial charge in [0.2, 0.25) is 0 Å². The van der Waals surface area contributed by atoms with Crippen molar-refractivity contribution in [1.82, 2.24) is 23.7 Å². The summed E-state index contributed by atoms with van der Waals surface area (Å²) in [7, 11) is 3.24. The van der Waals surface area contributed by atoms with Crippen LogP contribution in [0.2, 0.25) is 0 Å². The maximum atomic E-state index is 13.1. The van der Waals surface area contributed by atoms with Gasteiger partial charge in [0.25, 0.3) is 5.56 Å². The van der Waals surface area contributed by atoms with Gasteiger partial charge in [-0.25, -0.2) is 9.78 Å². The van der Waals surface area contributed by atoms with Crippen molar-refractivity contribution in [2.24, 2.45) is 14.1 Å². The number of aryl methyl sites for hydroxylation is 3. The number of ether oxygens (including phenoxy) is 1. The molecule has 9 heteroatoms. The summed E-state index contributed by atoms with van der Waals surface area (Å²) in [6, 6.07) is 2.00. The maximum absolute atomic E-state index is 13.1. The Kier molecular flexibility index (Phi) is 4.73. The van der Waals surface area contributed by atoms with Gasteiger partial charge in [-0.15, -0.1) is 0 Å². The van der Waals surface area contributed by atoms with Gasteiger partial charge in [-0.3, -0.25) is 18.7 Å². The molecule has 0 spiro atoms. The highest BCUT2D eigenvalue weighted by Crippen LogP contribution is 2.20. The number of hydrogen-bond acceptors (Lipinski definition) is 5. The van der Waals surface area contributed by atoms with E-state index in [-0.39, 0.29) is 30.7 Å². The first-order valence-electron chi connectivity index (χ1n) is 9.58. The number of H-pyrrole nitrogens is 1. The number of esters is 1. The predicted molar refractivity (Wildman–Crippen MR) is 108 cm³/mol. The van der Waals surface area contributed by atoms with Crippen molar-refractivity contribution in [3.8, 4) is 0 Å². The van der Waals surface area contributed by atoms with Crippen molar-refractivity contribution >= 4 is 23.2 Å². The van der Waals surface area contributed by atoms with Crippen LogP contribution in [0.4, 0.5) is 0 Å². The number of allylic oxidation sites excluding steroid dienone is 1. The zero-order valence-electron chi connectivity index (χ0n) is 16.7. The minimum atomic E-state index is -0.452. The van der Waals surface area contributed by atoms with Crippen molar-refractivity contribution in [3.05, 3.63) is 55.8 Å². The molecule has 0 unspecified atom stereocenters. The third-order valence-corrected chi connectivity index (χ3v) is 5.24. The lowest BCUT2D eigenvalue weighted by atomic mass is 10.0. The van der Waals surface area contributed by atoms with Crippen LogP contribution in [-0.4, -0.2) is 36.2 Å². The van der Waals surface area contributed by atoms with Crippen molar-refractivity contribution in [1.29, 1.82) is 0 Å². The molecule has 0 aliphatic heterocycles. The van der Waals surface area contributed by atoms with Gasteiger partial charge in [0.05, 0.1) is 13.2 Å². The molecule has 0 bridgehead atoms. The standard InChI is InChI=1S/C20H23N5O4/c1-4-29-16(26)10-15-22-18-17(23(15)2)19(27)25(20(28)24(18)3)11-13-9-12-7-5-6-8-14(12)21-13/h6,8-9,21H,4-5,7,10-11H2,1-3H3. The van der Waals surface area contributed by atoms with E-state index < -0.39 is 17.2 Å². The summed E-state index contributed by atoms with van der Waals surface area (Å²) in [6.07, 6.45) is 5.97. The maximum Gasteiger partial charge on any atom is 0.332 e. The van der Waals surface area contributed by atoms with E-state index in [0.717, 1.165) is 24.2 Å². The lowest BCUT2D eigenvalue weighted by Crippen LogP contribution is -2.39. The molecule has 0 saturated carbocycles. The molecule has 0 fully saturated rings. The Morgan fingerprint density at radius 1 is 1.28 bits per heavy atom. The van der Waals surface area contributed by atoms with Gasteiger partial charge in [-0.2, -0.15) is 0 Å². The highest BCUT2D eigenvalue weighted by molar-refractivity contribution is 5.75. The minimum absolute atomic E-state index is 0.0671. The van der Waals surface area contributed by atoms with E-state index in [0.29, 0.717) is 5.82 Å². The monoisotopic (exact) mass is 397 g/mol. The van der Waals surface area contributed by atoms with Crippen LogP contribution < -0.4 is 11.2 Å². The second kappa shape index (κ2) is 7.23. The average Bonchev–Trinajstić information content (AvgIpc) is 3.25. The smallest absolute Gasteiger partial charge is 0.332 e. The molecule has 1 N–H and O–H groups in total. The molecule has 0 saturated heterocycles. The van der Waals surface area contributed by atoms with E-state index in [2.05, 4.69) is 16.0 Å². The summed E-state index contributed by atoms with van der Waals surface area (Å²) in [5.41, 5.74) is 2.66. The lowest BCUT2D eigenvalue weighted by Gasteiger charge is -2.08. The number of aromatic nitrogens is 5. The molecular formula is C20H23N5O4. The van der Waals surface area contributed by atoms with E-state index >= 15 is 0 Å². The van der Waals surface area contributed by atoms with Gasteiger partial charge in [0, 0.05) is 25.5 Å². The zero-order valence-corrected chi connectivity index (χ0v) is 16.7. The van der Waals surface area contributed by atoms with Crippen LogP contribution in [0.5, 0.6) is 0 Å². The second-order valence-electron chi connectivity index (χ2n) is 7.15. The summed E-state index contributed by atoms with van der Waals surface area (Å²) in [6.45, 7) is 2.13. The first kappa shape index (κ1) is 19.0. The van der Waals surface area contributed by atoms with Crippen molar-refractivity contribution in [3.63, 3.8) is 0 Å². The van der Waals surface area contributed by atoms with Gasteiger partial charge >= 0.3 is 11.7 Å². The first-order chi connectivity index (χ1) is 13.9. The van der Waals surface area contributed by atoms with E-state index in [1.165, 1.54) is 14.7 Å². The molecular weight excluding hydrogens is 374 g/mol. The Balaban J connectivity index is 1.79. The number of imidazole rings is 1. The third-order valence-electron chi connectivity index (χ3n) is 5.24. The number of nitrogens with one attached hydrogen (secondary N) is 1. The summed E-state index contributed by atoms with van der Waals surface area (Å²) in [5.74, 6) is -0.0509. The number of rotatable bonds is 5. The summed E-state index contributed by atoms with van der Waals surface area (Å²) in [5, 5.41) is 0. The summed E-state index contributed by atoms with van der Waals surface area (Å²) >= 11 is 0. The van der Waals surface area contributed by atoms with Crippen LogP contribution >= 0.6 is 0 Å². The zero-order chi connectivity index (χ0) is 20.7. The first-order valence-corrected chi connectivity index (χ1v) is 9.58. The molecule has 9 nitrogen and oxygen atoms in total. The lowest BCUT2D eigenvalue weighted by molar-refractivity contribution is -0.142. The summed E-state index contributed by atoms with van der Waals surface area (Å²) < 4.78 is 9.07. The Bertz CT molecular complexity index is 1250. The van der Waals surface area contributed by atoms with Gasteiger partial charge in [-0.05, 0) is 37.5 Å². The van der Waals surface area contributed by atoms with Gasteiger partial charge in [0.1, 0.15) is 12.2 Å². The molecule has 1 aliphatic carbocycles. The van der Waals surface area contributed by atoms with Crippen molar-refractivity contribution in [2.75, 3.05) is 6.61 Å². The fourth-order valence-corrected chi connectivity index (χ4v) is 3.76. The molecule has 3 aromatic heterocycles. The normalized spacial score (nSPS) is 13.1. The van der Waals surface area contributed by atoms with E-state index in [9.17, 15) is 14.4 Å². The van der Waals surface area contributed by atoms with E-state index in [1.807, 2.05) is 12.1 Å². The molecule has 4 rings (SSSR count). The Morgan fingerprint density at radius 3 is 2.79 bits per heavy atom. The molecule has 3 heterocycles. The predicted octanol–water partition coefficient (Wildman–Crippen LogP) is 0.875.